The van der Waals surface area contributed by atoms with Crippen LogP contribution in [0.5, 0.6) is 0 Å². The van der Waals surface area contributed by atoms with E-state index < -0.39 is 35.7 Å². The van der Waals surface area contributed by atoms with Gasteiger partial charge in [-0.3, -0.25) is 0 Å². The second kappa shape index (κ2) is 6.17. The summed E-state index contributed by atoms with van der Waals surface area (Å²) < 4.78 is 27.1. The topological polar surface area (TPSA) is 78.4 Å². The highest BCUT2D eigenvalue weighted by atomic mass is 79.9. The number of halogens is 3. The molecule has 0 fully saturated rings. The predicted molar refractivity (Wildman–Crippen MR) is 71.1 cm³/mol. The van der Waals surface area contributed by atoms with Gasteiger partial charge in [0.05, 0.1) is 11.0 Å². The predicted octanol–water partition coefficient (Wildman–Crippen LogP) is 2.39. The molecular formula is C12H13BrF2N2O3. The maximum atomic E-state index is 13.6. The van der Waals surface area contributed by atoms with Crippen LogP contribution in [-0.2, 0) is 11.3 Å². The number of amides is 2. The number of nitrogens with one attached hydrogen (secondary N) is 2. The summed E-state index contributed by atoms with van der Waals surface area (Å²) in [6.45, 7) is 2.17. The van der Waals surface area contributed by atoms with Gasteiger partial charge in [0, 0.05) is 5.56 Å². The van der Waals surface area contributed by atoms with E-state index in [1.165, 1.54) is 19.9 Å². The lowest BCUT2D eigenvalue weighted by atomic mass is 10.1. The highest BCUT2D eigenvalue weighted by Crippen LogP contribution is 2.21. The van der Waals surface area contributed by atoms with Gasteiger partial charge in [-0.1, -0.05) is 0 Å². The summed E-state index contributed by atoms with van der Waals surface area (Å²) in [5, 5.41) is 13.2. The van der Waals surface area contributed by atoms with E-state index in [0.717, 1.165) is 6.07 Å². The smallest absolute Gasteiger partial charge is 0.328 e. The molecule has 0 saturated heterocycles. The zero-order valence-corrected chi connectivity index (χ0v) is 12.3. The molecule has 0 heterocycles. The first-order valence-corrected chi connectivity index (χ1v) is 6.36. The minimum absolute atomic E-state index is 0.0713. The van der Waals surface area contributed by atoms with Crippen molar-refractivity contribution in [3.8, 4) is 0 Å². The lowest BCUT2D eigenvalue weighted by molar-refractivity contribution is -0.142. The maximum Gasteiger partial charge on any atom is 0.328 e. The number of carbonyl (C=O) groups is 2. The summed E-state index contributed by atoms with van der Waals surface area (Å²) in [6.07, 6.45) is 0. The lowest BCUT2D eigenvalue weighted by Crippen LogP contribution is -2.53. The van der Waals surface area contributed by atoms with E-state index in [1.807, 2.05) is 0 Å². The number of hydrogen-bond acceptors (Lipinski definition) is 2. The minimum atomic E-state index is -1.49. The van der Waals surface area contributed by atoms with Crippen molar-refractivity contribution in [1.82, 2.24) is 10.6 Å². The quantitative estimate of drug-likeness (QED) is 0.729. The van der Waals surface area contributed by atoms with Crippen LogP contribution in [0.3, 0.4) is 0 Å². The normalized spacial score (nSPS) is 11.1. The van der Waals surface area contributed by atoms with Gasteiger partial charge in [0.15, 0.2) is 0 Å². The second-order valence-corrected chi connectivity index (χ2v) is 5.41. The fourth-order valence-corrected chi connectivity index (χ4v) is 1.65. The van der Waals surface area contributed by atoms with Gasteiger partial charge in [-0.2, -0.15) is 0 Å². The summed E-state index contributed by atoms with van der Waals surface area (Å²) in [7, 11) is 0. The number of carboxylic acid groups (broad SMARTS) is 1. The Hall–Kier alpha value is -1.70. The standard InChI is InChI=1S/C12H13BrF2N2O3/c1-12(2,10(18)19)17-11(20)16-5-6-8(14)4-3-7(13)9(6)15/h3-4H,5H2,1-2H3,(H,18,19)(H2,16,17,20). The molecule has 5 nitrogen and oxygen atoms in total. The summed E-state index contributed by atoms with van der Waals surface area (Å²) >= 11 is 2.91. The fraction of sp³-hybridized carbons (Fsp3) is 0.333. The van der Waals surface area contributed by atoms with Crippen LogP contribution in [0, 0.1) is 11.6 Å². The molecule has 20 heavy (non-hydrogen) atoms. The van der Waals surface area contributed by atoms with Gasteiger partial charge in [0.1, 0.15) is 17.2 Å². The van der Waals surface area contributed by atoms with Crippen LogP contribution < -0.4 is 10.6 Å². The molecule has 0 bridgehead atoms. The highest BCUT2D eigenvalue weighted by Gasteiger charge is 2.29. The molecule has 1 rings (SSSR count). The van der Waals surface area contributed by atoms with E-state index in [2.05, 4.69) is 26.6 Å². The van der Waals surface area contributed by atoms with Crippen molar-refractivity contribution in [3.63, 3.8) is 0 Å². The summed E-state index contributed by atoms with van der Waals surface area (Å²) in [4.78, 5) is 22.3. The van der Waals surface area contributed by atoms with Gasteiger partial charge in [0.25, 0.3) is 0 Å². The van der Waals surface area contributed by atoms with Crippen LogP contribution in [-0.4, -0.2) is 22.6 Å². The third-order valence-electron chi connectivity index (χ3n) is 2.53. The first kappa shape index (κ1) is 16.4. The second-order valence-electron chi connectivity index (χ2n) is 4.56. The maximum absolute atomic E-state index is 13.6. The number of aliphatic carboxylic acids is 1. The Bertz CT molecular complexity index is 550. The van der Waals surface area contributed by atoms with E-state index in [-0.39, 0.29) is 10.0 Å². The van der Waals surface area contributed by atoms with Gasteiger partial charge in [-0.15, -0.1) is 0 Å². The Morgan fingerprint density at radius 1 is 1.35 bits per heavy atom. The molecule has 8 heteroatoms. The molecule has 0 aliphatic rings. The highest BCUT2D eigenvalue weighted by molar-refractivity contribution is 9.10. The monoisotopic (exact) mass is 350 g/mol. The van der Waals surface area contributed by atoms with Gasteiger partial charge in [0.2, 0.25) is 0 Å². The fourth-order valence-electron chi connectivity index (χ4n) is 1.28. The molecule has 0 aromatic heterocycles. The Kier molecular flexibility index (Phi) is 5.04. The Morgan fingerprint density at radius 2 is 1.95 bits per heavy atom. The molecule has 2 amide bonds. The van der Waals surface area contributed by atoms with Crippen LogP contribution in [0.25, 0.3) is 0 Å². The number of benzene rings is 1. The van der Waals surface area contributed by atoms with E-state index >= 15 is 0 Å². The first-order valence-electron chi connectivity index (χ1n) is 5.57. The van der Waals surface area contributed by atoms with Crippen molar-refractivity contribution >= 4 is 27.9 Å². The van der Waals surface area contributed by atoms with Crippen molar-refractivity contribution in [2.45, 2.75) is 25.9 Å². The van der Waals surface area contributed by atoms with Gasteiger partial charge in [-0.05, 0) is 41.9 Å². The Balaban J connectivity index is 2.72. The molecule has 0 unspecified atom stereocenters. The molecule has 110 valence electrons. The van der Waals surface area contributed by atoms with Gasteiger partial charge in [-0.25, -0.2) is 18.4 Å². The number of carbonyl (C=O) groups excluding carboxylic acids is 1. The summed E-state index contributed by atoms with van der Waals surface area (Å²) in [5.41, 5.74) is -1.80. The van der Waals surface area contributed by atoms with E-state index in [9.17, 15) is 18.4 Å². The van der Waals surface area contributed by atoms with E-state index in [4.69, 9.17) is 5.11 Å². The van der Waals surface area contributed by atoms with Crippen LogP contribution in [0.4, 0.5) is 13.6 Å². The lowest BCUT2D eigenvalue weighted by Gasteiger charge is -2.21. The summed E-state index contributed by atoms with van der Waals surface area (Å²) in [5.74, 6) is -2.85. The minimum Gasteiger partial charge on any atom is -0.480 e. The third-order valence-corrected chi connectivity index (χ3v) is 3.14. The Labute approximate surface area is 122 Å². The molecule has 0 radical (unpaired) electrons. The van der Waals surface area contributed by atoms with Crippen LogP contribution >= 0.6 is 15.9 Å². The van der Waals surface area contributed by atoms with Crippen molar-refractivity contribution in [3.05, 3.63) is 33.8 Å². The molecule has 3 N–H and O–H groups in total. The van der Waals surface area contributed by atoms with E-state index in [1.54, 1.807) is 0 Å². The van der Waals surface area contributed by atoms with E-state index in [0.29, 0.717) is 0 Å². The SMILES string of the molecule is CC(C)(NC(=O)NCc1c(F)ccc(Br)c1F)C(=O)O. The number of hydrogen-bond donors (Lipinski definition) is 3. The van der Waals surface area contributed by atoms with Crippen molar-refractivity contribution < 1.29 is 23.5 Å². The van der Waals surface area contributed by atoms with Gasteiger partial charge >= 0.3 is 12.0 Å². The molecule has 1 aromatic carbocycles. The third kappa shape index (κ3) is 3.89. The molecule has 0 spiro atoms. The number of urea groups is 1. The molecule has 0 atom stereocenters. The Morgan fingerprint density at radius 3 is 2.50 bits per heavy atom. The molecule has 0 saturated carbocycles. The molecule has 1 aromatic rings. The van der Waals surface area contributed by atoms with Crippen molar-refractivity contribution in [2.24, 2.45) is 0 Å². The van der Waals surface area contributed by atoms with Crippen LogP contribution in [0.2, 0.25) is 0 Å². The largest absolute Gasteiger partial charge is 0.480 e. The van der Waals surface area contributed by atoms with Crippen LogP contribution in [0.15, 0.2) is 16.6 Å². The molecular weight excluding hydrogens is 338 g/mol. The van der Waals surface area contributed by atoms with Crippen molar-refractivity contribution in [1.29, 1.82) is 0 Å². The molecule has 0 aliphatic carbocycles. The number of rotatable bonds is 4. The first-order chi connectivity index (χ1) is 9.15. The zero-order chi connectivity index (χ0) is 15.5. The summed E-state index contributed by atoms with van der Waals surface area (Å²) in [6, 6.07) is 1.43. The zero-order valence-electron chi connectivity index (χ0n) is 10.8. The van der Waals surface area contributed by atoms with Gasteiger partial charge < -0.3 is 15.7 Å². The van der Waals surface area contributed by atoms with Crippen LogP contribution in [0.1, 0.15) is 19.4 Å². The molecule has 0 aliphatic heterocycles. The average molecular weight is 351 g/mol. The average Bonchev–Trinajstić information content (AvgIpc) is 2.33. The number of carboxylic acids is 1. The van der Waals surface area contributed by atoms with Crippen molar-refractivity contribution in [2.75, 3.05) is 0 Å².